The minimum absolute atomic E-state index is 0.0960. The van der Waals surface area contributed by atoms with E-state index in [1.54, 1.807) is 41.3 Å². The van der Waals surface area contributed by atoms with Gasteiger partial charge in [-0.25, -0.2) is 4.79 Å². The third kappa shape index (κ3) is 4.89. The van der Waals surface area contributed by atoms with Gasteiger partial charge >= 0.3 is 6.09 Å². The van der Waals surface area contributed by atoms with E-state index in [0.717, 1.165) is 0 Å². The number of imide groups is 1. The van der Waals surface area contributed by atoms with Gasteiger partial charge in [-0.2, -0.15) is 0 Å². The molecule has 8 nitrogen and oxygen atoms in total. The van der Waals surface area contributed by atoms with E-state index < -0.39 is 6.09 Å². The molecular formula is C25H27N3O5. The maximum absolute atomic E-state index is 12.8. The van der Waals surface area contributed by atoms with E-state index in [4.69, 9.17) is 4.74 Å². The van der Waals surface area contributed by atoms with E-state index in [9.17, 15) is 19.2 Å². The number of amides is 4. The van der Waals surface area contributed by atoms with Gasteiger partial charge in [-0.1, -0.05) is 32.0 Å². The Balaban J connectivity index is 1.33. The molecule has 0 atom stereocenters. The predicted octanol–water partition coefficient (Wildman–Crippen LogP) is 3.33. The van der Waals surface area contributed by atoms with E-state index >= 15 is 0 Å². The number of rotatable bonds is 5. The quantitative estimate of drug-likeness (QED) is 0.707. The maximum Gasteiger partial charge on any atom is 0.415 e. The number of hydrogen-bond donors (Lipinski definition) is 1. The Labute approximate surface area is 192 Å². The van der Waals surface area contributed by atoms with Gasteiger partial charge in [-0.05, 0) is 49.1 Å². The summed E-state index contributed by atoms with van der Waals surface area (Å²) >= 11 is 0. The SMILES string of the molecule is CC(C)CN1C(=O)c2ccc(C(=O)NC3CCN(C(=O)Oc4ccccc4)CC3)cc2C1=O. The van der Waals surface area contributed by atoms with Crippen LogP contribution in [0.15, 0.2) is 48.5 Å². The van der Waals surface area contributed by atoms with Crippen molar-refractivity contribution in [3.05, 3.63) is 65.2 Å². The molecule has 0 aliphatic carbocycles. The number of nitrogens with one attached hydrogen (secondary N) is 1. The van der Waals surface area contributed by atoms with Crippen LogP contribution in [0.3, 0.4) is 0 Å². The van der Waals surface area contributed by atoms with Crippen molar-refractivity contribution in [2.45, 2.75) is 32.7 Å². The third-order valence-electron chi connectivity index (χ3n) is 5.82. The summed E-state index contributed by atoms with van der Waals surface area (Å²) in [6, 6.07) is 13.4. The van der Waals surface area contributed by atoms with Gasteiger partial charge in [0, 0.05) is 31.2 Å². The summed E-state index contributed by atoms with van der Waals surface area (Å²) in [5, 5.41) is 2.98. The van der Waals surface area contributed by atoms with E-state index in [2.05, 4.69) is 5.32 Å². The lowest BCUT2D eigenvalue weighted by Gasteiger charge is -2.31. The molecular weight excluding hydrogens is 422 g/mol. The van der Waals surface area contributed by atoms with Crippen LogP contribution in [0.25, 0.3) is 0 Å². The Bertz CT molecular complexity index is 1070. The zero-order valence-corrected chi connectivity index (χ0v) is 18.7. The van der Waals surface area contributed by atoms with Crippen molar-refractivity contribution in [3.63, 3.8) is 0 Å². The monoisotopic (exact) mass is 449 g/mol. The fourth-order valence-corrected chi connectivity index (χ4v) is 4.09. The molecule has 2 aromatic rings. The molecule has 0 saturated carbocycles. The van der Waals surface area contributed by atoms with Gasteiger partial charge in [0.2, 0.25) is 0 Å². The number of carbonyl (C=O) groups excluding carboxylic acids is 4. The number of piperidine rings is 1. The van der Waals surface area contributed by atoms with Crippen molar-refractivity contribution in [1.82, 2.24) is 15.1 Å². The lowest BCUT2D eigenvalue weighted by molar-refractivity contribution is 0.0635. The molecule has 1 N–H and O–H groups in total. The molecule has 2 heterocycles. The molecule has 0 unspecified atom stereocenters. The average molecular weight is 450 g/mol. The first kappa shape index (κ1) is 22.5. The molecule has 0 spiro atoms. The van der Waals surface area contributed by atoms with Crippen molar-refractivity contribution in [3.8, 4) is 5.75 Å². The molecule has 8 heteroatoms. The molecule has 4 amide bonds. The largest absolute Gasteiger partial charge is 0.415 e. The number of carbonyl (C=O) groups is 4. The molecule has 2 aromatic carbocycles. The van der Waals surface area contributed by atoms with Gasteiger partial charge in [0.25, 0.3) is 17.7 Å². The van der Waals surface area contributed by atoms with Gasteiger partial charge in [-0.3, -0.25) is 19.3 Å². The van der Waals surface area contributed by atoms with Crippen LogP contribution < -0.4 is 10.1 Å². The van der Waals surface area contributed by atoms with Crippen molar-refractivity contribution in [1.29, 1.82) is 0 Å². The van der Waals surface area contributed by atoms with Gasteiger partial charge < -0.3 is 15.0 Å². The van der Waals surface area contributed by atoms with Gasteiger partial charge in [0.1, 0.15) is 5.75 Å². The fourth-order valence-electron chi connectivity index (χ4n) is 4.09. The Morgan fingerprint density at radius 2 is 1.67 bits per heavy atom. The minimum Gasteiger partial charge on any atom is -0.410 e. The highest BCUT2D eigenvalue weighted by Crippen LogP contribution is 2.25. The maximum atomic E-state index is 12.8. The molecule has 33 heavy (non-hydrogen) atoms. The van der Waals surface area contributed by atoms with E-state index in [0.29, 0.717) is 49.4 Å². The van der Waals surface area contributed by atoms with E-state index in [1.807, 2.05) is 19.9 Å². The highest BCUT2D eigenvalue weighted by atomic mass is 16.6. The van der Waals surface area contributed by atoms with Crippen molar-refractivity contribution in [2.75, 3.05) is 19.6 Å². The molecule has 2 aliphatic heterocycles. The Hall–Kier alpha value is -3.68. The molecule has 0 radical (unpaired) electrons. The van der Waals surface area contributed by atoms with E-state index in [-0.39, 0.29) is 35.2 Å². The minimum atomic E-state index is -0.404. The van der Waals surface area contributed by atoms with Crippen molar-refractivity contribution in [2.24, 2.45) is 5.92 Å². The van der Waals surface area contributed by atoms with Gasteiger partial charge in [-0.15, -0.1) is 0 Å². The van der Waals surface area contributed by atoms with Crippen LogP contribution in [0.1, 0.15) is 57.8 Å². The number of para-hydroxylation sites is 1. The third-order valence-corrected chi connectivity index (χ3v) is 5.82. The normalized spacial score (nSPS) is 16.2. The molecule has 1 fully saturated rings. The smallest absolute Gasteiger partial charge is 0.410 e. The number of nitrogens with zero attached hydrogens (tertiary/aromatic N) is 2. The fraction of sp³-hybridized carbons (Fsp3) is 0.360. The molecule has 172 valence electrons. The lowest BCUT2D eigenvalue weighted by atomic mass is 10.0. The first-order valence-electron chi connectivity index (χ1n) is 11.2. The van der Waals surface area contributed by atoms with Crippen LogP contribution >= 0.6 is 0 Å². The summed E-state index contributed by atoms with van der Waals surface area (Å²) in [7, 11) is 0. The molecule has 0 aromatic heterocycles. The summed E-state index contributed by atoms with van der Waals surface area (Å²) in [4.78, 5) is 53.1. The Morgan fingerprint density at radius 1 is 1.00 bits per heavy atom. The summed E-state index contributed by atoms with van der Waals surface area (Å²) in [6.45, 7) is 5.17. The van der Waals surface area contributed by atoms with Gasteiger partial charge in [0.15, 0.2) is 0 Å². The van der Waals surface area contributed by atoms with Crippen LogP contribution in [0.2, 0.25) is 0 Å². The van der Waals surface area contributed by atoms with Crippen molar-refractivity contribution >= 4 is 23.8 Å². The summed E-state index contributed by atoms with van der Waals surface area (Å²) in [5.74, 6) is -0.319. The second kappa shape index (κ2) is 9.44. The van der Waals surface area contributed by atoms with Crippen LogP contribution in [0, 0.1) is 5.92 Å². The van der Waals surface area contributed by atoms with E-state index in [1.165, 1.54) is 11.0 Å². The second-order valence-electron chi connectivity index (χ2n) is 8.79. The number of fused-ring (bicyclic) bond motifs is 1. The highest BCUT2D eigenvalue weighted by molar-refractivity contribution is 6.22. The summed E-state index contributed by atoms with van der Waals surface area (Å²) < 4.78 is 5.37. The topological polar surface area (TPSA) is 96.0 Å². The first-order chi connectivity index (χ1) is 15.8. The number of likely N-dealkylation sites (tertiary alicyclic amines) is 1. The number of ether oxygens (including phenoxy) is 1. The predicted molar refractivity (Wildman–Crippen MR) is 121 cm³/mol. The van der Waals surface area contributed by atoms with Crippen LogP contribution in [-0.4, -0.2) is 59.3 Å². The molecule has 4 rings (SSSR count). The number of benzene rings is 2. The second-order valence-corrected chi connectivity index (χ2v) is 8.79. The molecule has 0 bridgehead atoms. The summed E-state index contributed by atoms with van der Waals surface area (Å²) in [6.07, 6.45) is 0.791. The average Bonchev–Trinajstić information content (AvgIpc) is 3.04. The molecule has 1 saturated heterocycles. The zero-order chi connectivity index (χ0) is 23.5. The Morgan fingerprint density at radius 3 is 2.33 bits per heavy atom. The van der Waals surface area contributed by atoms with Crippen molar-refractivity contribution < 1.29 is 23.9 Å². The molecule has 2 aliphatic rings. The van der Waals surface area contributed by atoms with Gasteiger partial charge in [0.05, 0.1) is 11.1 Å². The standard InChI is InChI=1S/C25H27N3O5/c1-16(2)15-28-23(30)20-9-8-17(14-21(20)24(28)31)22(29)26-18-10-12-27(13-11-18)25(32)33-19-6-4-3-5-7-19/h3-9,14,16,18H,10-13,15H2,1-2H3,(H,26,29). The zero-order valence-electron chi connectivity index (χ0n) is 18.7. The van der Waals surface area contributed by atoms with Crippen LogP contribution in [0.5, 0.6) is 5.75 Å². The lowest BCUT2D eigenvalue weighted by Crippen LogP contribution is -2.47. The first-order valence-corrected chi connectivity index (χ1v) is 11.2. The number of hydrogen-bond acceptors (Lipinski definition) is 5. The Kier molecular flexibility index (Phi) is 6.44. The summed E-state index contributed by atoms with van der Waals surface area (Å²) in [5.41, 5.74) is 0.946. The van der Waals surface area contributed by atoms with Crippen LogP contribution in [-0.2, 0) is 0 Å². The highest BCUT2D eigenvalue weighted by Gasteiger charge is 2.36. The van der Waals surface area contributed by atoms with Crippen LogP contribution in [0.4, 0.5) is 4.79 Å².